The predicted molar refractivity (Wildman–Crippen MR) is 73.5 cm³/mol. The molecule has 7 nitrogen and oxygen atoms in total. The number of amidine groups is 1. The second-order valence-corrected chi connectivity index (χ2v) is 4.05. The molecule has 7 heteroatoms. The number of rotatable bonds is 4. The van der Waals surface area contributed by atoms with Gasteiger partial charge >= 0.3 is 0 Å². The molecule has 2 aromatic rings. The Morgan fingerprint density at radius 2 is 1.90 bits per heavy atom. The summed E-state index contributed by atoms with van der Waals surface area (Å²) in [5, 5.41) is 14.1. The Morgan fingerprint density at radius 1 is 1.25 bits per heavy atom. The zero-order valence-electron chi connectivity index (χ0n) is 10.5. The number of carbonyl (C=O) groups excluding carboxylic acids is 1. The third kappa shape index (κ3) is 3.52. The van der Waals surface area contributed by atoms with E-state index in [-0.39, 0.29) is 11.7 Å². The first-order valence-electron chi connectivity index (χ1n) is 5.81. The van der Waals surface area contributed by atoms with Gasteiger partial charge in [-0.15, -0.1) is 0 Å². The number of carbonyl (C=O) groups is 1. The summed E-state index contributed by atoms with van der Waals surface area (Å²) in [5.41, 5.74) is 7.32. The highest BCUT2D eigenvalue weighted by molar-refractivity contribution is 6.03. The summed E-state index contributed by atoms with van der Waals surface area (Å²) in [6.45, 7) is 0. The SMILES string of the molecule is N/C(Cc1ccc(NC(=O)c2cncnc2)cc1)=N/O. The van der Waals surface area contributed by atoms with E-state index < -0.39 is 0 Å². The molecule has 0 atom stereocenters. The van der Waals surface area contributed by atoms with Crippen LogP contribution >= 0.6 is 0 Å². The molecule has 1 aromatic carbocycles. The summed E-state index contributed by atoms with van der Waals surface area (Å²) in [4.78, 5) is 19.4. The first-order valence-corrected chi connectivity index (χ1v) is 5.81. The maximum Gasteiger partial charge on any atom is 0.258 e. The van der Waals surface area contributed by atoms with E-state index in [4.69, 9.17) is 10.9 Å². The van der Waals surface area contributed by atoms with Crippen LogP contribution in [0.4, 0.5) is 5.69 Å². The van der Waals surface area contributed by atoms with Crippen LogP contribution < -0.4 is 11.1 Å². The minimum Gasteiger partial charge on any atom is -0.409 e. The molecule has 0 radical (unpaired) electrons. The number of nitrogens with two attached hydrogens (primary N) is 1. The van der Waals surface area contributed by atoms with Crippen LogP contribution in [-0.4, -0.2) is 26.9 Å². The predicted octanol–water partition coefficient (Wildman–Crippen LogP) is 1.02. The summed E-state index contributed by atoms with van der Waals surface area (Å²) in [5.74, 6) is -0.155. The van der Waals surface area contributed by atoms with E-state index >= 15 is 0 Å². The van der Waals surface area contributed by atoms with Crippen molar-refractivity contribution in [2.45, 2.75) is 6.42 Å². The number of nitrogens with zero attached hydrogens (tertiary/aromatic N) is 3. The van der Waals surface area contributed by atoms with Gasteiger partial charge in [0, 0.05) is 24.5 Å². The van der Waals surface area contributed by atoms with E-state index in [0.29, 0.717) is 17.7 Å². The number of benzene rings is 1. The molecule has 0 spiro atoms. The van der Waals surface area contributed by atoms with E-state index in [1.165, 1.54) is 18.7 Å². The molecule has 0 aliphatic carbocycles. The normalized spacial score (nSPS) is 11.1. The monoisotopic (exact) mass is 271 g/mol. The minimum absolute atomic E-state index is 0.128. The zero-order valence-corrected chi connectivity index (χ0v) is 10.5. The van der Waals surface area contributed by atoms with Gasteiger partial charge < -0.3 is 16.3 Å². The first kappa shape index (κ1) is 13.5. The van der Waals surface area contributed by atoms with Crippen molar-refractivity contribution < 1.29 is 10.0 Å². The van der Waals surface area contributed by atoms with Gasteiger partial charge in [0.05, 0.1) is 5.56 Å². The van der Waals surface area contributed by atoms with Crippen molar-refractivity contribution in [3.05, 3.63) is 54.1 Å². The van der Waals surface area contributed by atoms with Gasteiger partial charge in [0.2, 0.25) is 0 Å². The lowest BCUT2D eigenvalue weighted by Gasteiger charge is -2.06. The van der Waals surface area contributed by atoms with Gasteiger partial charge in [-0.1, -0.05) is 17.3 Å². The minimum atomic E-state index is -0.283. The van der Waals surface area contributed by atoms with Crippen LogP contribution in [0.2, 0.25) is 0 Å². The quantitative estimate of drug-likeness (QED) is 0.332. The van der Waals surface area contributed by atoms with E-state index in [9.17, 15) is 4.79 Å². The van der Waals surface area contributed by atoms with Gasteiger partial charge in [0.25, 0.3) is 5.91 Å². The molecule has 0 fully saturated rings. The maximum atomic E-state index is 11.9. The highest BCUT2D eigenvalue weighted by Gasteiger charge is 2.06. The summed E-state index contributed by atoms with van der Waals surface area (Å²) >= 11 is 0. The first-order chi connectivity index (χ1) is 9.69. The molecule has 0 aliphatic heterocycles. The average Bonchev–Trinajstić information content (AvgIpc) is 2.50. The van der Waals surface area contributed by atoms with Crippen molar-refractivity contribution >= 4 is 17.4 Å². The van der Waals surface area contributed by atoms with Gasteiger partial charge in [-0.05, 0) is 17.7 Å². The maximum absolute atomic E-state index is 11.9. The lowest BCUT2D eigenvalue weighted by atomic mass is 10.1. The Hall–Kier alpha value is -2.96. The Bertz CT molecular complexity index is 610. The molecule has 0 aliphatic rings. The van der Waals surface area contributed by atoms with Crippen LogP contribution in [0.15, 0.2) is 48.1 Å². The van der Waals surface area contributed by atoms with E-state index in [1.54, 1.807) is 24.3 Å². The number of hydrogen-bond donors (Lipinski definition) is 3. The average molecular weight is 271 g/mol. The smallest absolute Gasteiger partial charge is 0.258 e. The molecule has 1 aromatic heterocycles. The van der Waals surface area contributed by atoms with Crippen molar-refractivity contribution in [2.24, 2.45) is 10.9 Å². The van der Waals surface area contributed by atoms with Crippen molar-refractivity contribution in [2.75, 3.05) is 5.32 Å². The fraction of sp³-hybridized carbons (Fsp3) is 0.0769. The molecular weight excluding hydrogens is 258 g/mol. The number of anilines is 1. The molecule has 2 rings (SSSR count). The van der Waals surface area contributed by atoms with Crippen molar-refractivity contribution in [1.29, 1.82) is 0 Å². The molecule has 0 unspecified atom stereocenters. The number of oxime groups is 1. The standard InChI is InChI=1S/C13H13N5O2/c14-12(18-20)5-9-1-3-11(4-2-9)17-13(19)10-6-15-8-16-7-10/h1-4,6-8,20H,5H2,(H2,14,18)(H,17,19). The van der Waals surface area contributed by atoms with Gasteiger partial charge in [0.1, 0.15) is 12.2 Å². The lowest BCUT2D eigenvalue weighted by molar-refractivity contribution is 0.102. The summed E-state index contributed by atoms with van der Waals surface area (Å²) in [7, 11) is 0. The fourth-order valence-electron chi connectivity index (χ4n) is 1.57. The summed E-state index contributed by atoms with van der Waals surface area (Å²) < 4.78 is 0. The van der Waals surface area contributed by atoms with Gasteiger partial charge in [-0.2, -0.15) is 0 Å². The van der Waals surface area contributed by atoms with E-state index in [1.807, 2.05) is 0 Å². The number of nitrogens with one attached hydrogen (secondary N) is 1. The highest BCUT2D eigenvalue weighted by Crippen LogP contribution is 2.11. The largest absolute Gasteiger partial charge is 0.409 e. The van der Waals surface area contributed by atoms with Gasteiger partial charge in [-0.3, -0.25) is 4.79 Å². The molecule has 4 N–H and O–H groups in total. The molecule has 1 amide bonds. The van der Waals surface area contributed by atoms with Crippen LogP contribution in [0, 0.1) is 0 Å². The van der Waals surface area contributed by atoms with Crippen LogP contribution in [-0.2, 0) is 6.42 Å². The Balaban J connectivity index is 2.02. The molecular formula is C13H13N5O2. The Labute approximate surface area is 115 Å². The van der Waals surface area contributed by atoms with Crippen LogP contribution in [0.1, 0.15) is 15.9 Å². The Kier molecular flexibility index (Phi) is 4.23. The summed E-state index contributed by atoms with van der Waals surface area (Å²) in [6, 6.07) is 7.05. The van der Waals surface area contributed by atoms with Gasteiger partial charge in [-0.25, -0.2) is 9.97 Å². The zero-order chi connectivity index (χ0) is 14.4. The number of hydrogen-bond acceptors (Lipinski definition) is 5. The Morgan fingerprint density at radius 3 is 2.50 bits per heavy atom. The number of aromatic nitrogens is 2. The molecule has 0 saturated carbocycles. The van der Waals surface area contributed by atoms with Crippen LogP contribution in [0.25, 0.3) is 0 Å². The third-order valence-corrected chi connectivity index (χ3v) is 2.55. The molecule has 1 heterocycles. The van der Waals surface area contributed by atoms with Crippen molar-refractivity contribution in [3.8, 4) is 0 Å². The molecule has 0 saturated heterocycles. The summed E-state index contributed by atoms with van der Waals surface area (Å²) in [6.07, 6.45) is 4.58. The third-order valence-electron chi connectivity index (χ3n) is 2.55. The van der Waals surface area contributed by atoms with Crippen LogP contribution in [0.3, 0.4) is 0 Å². The lowest BCUT2D eigenvalue weighted by Crippen LogP contribution is -2.15. The number of amides is 1. The van der Waals surface area contributed by atoms with E-state index in [2.05, 4.69) is 20.4 Å². The topological polar surface area (TPSA) is 113 Å². The van der Waals surface area contributed by atoms with Crippen molar-refractivity contribution in [1.82, 2.24) is 9.97 Å². The molecule has 20 heavy (non-hydrogen) atoms. The molecule has 0 bridgehead atoms. The molecule has 102 valence electrons. The van der Waals surface area contributed by atoms with Gasteiger partial charge in [0.15, 0.2) is 0 Å². The van der Waals surface area contributed by atoms with Crippen LogP contribution in [0.5, 0.6) is 0 Å². The second-order valence-electron chi connectivity index (χ2n) is 4.05. The van der Waals surface area contributed by atoms with E-state index in [0.717, 1.165) is 5.56 Å². The second kappa shape index (κ2) is 6.28. The highest BCUT2D eigenvalue weighted by atomic mass is 16.4. The fourth-order valence-corrected chi connectivity index (χ4v) is 1.57. The van der Waals surface area contributed by atoms with Crippen molar-refractivity contribution in [3.63, 3.8) is 0 Å².